The van der Waals surface area contributed by atoms with Gasteiger partial charge in [0, 0.05) is 5.41 Å². The van der Waals surface area contributed by atoms with Crippen LogP contribution in [0.25, 0.3) is 0 Å². The molecule has 1 amide bonds. The Morgan fingerprint density at radius 3 is 2.58 bits per heavy atom. The van der Waals surface area contributed by atoms with Crippen LogP contribution in [0.5, 0.6) is 0 Å². The number of nitriles is 1. The van der Waals surface area contributed by atoms with Crippen molar-refractivity contribution in [2.24, 2.45) is 0 Å². The van der Waals surface area contributed by atoms with E-state index in [9.17, 15) is 10.1 Å². The molecule has 0 spiro atoms. The smallest absolute Gasteiger partial charge is 0.266 e. The highest BCUT2D eigenvalue weighted by atomic mass is 32.1. The van der Waals surface area contributed by atoms with Gasteiger partial charge in [0.1, 0.15) is 10.4 Å². The van der Waals surface area contributed by atoms with Gasteiger partial charge < -0.3 is 5.32 Å². The summed E-state index contributed by atoms with van der Waals surface area (Å²) in [5.74, 6) is -0.219. The highest BCUT2D eigenvalue weighted by molar-refractivity contribution is 7.08. The van der Waals surface area contributed by atoms with Crippen molar-refractivity contribution in [1.82, 2.24) is 14.9 Å². The monoisotopic (exact) mass is 278 g/mol. The fraction of sp³-hybridized carbons (Fsp3) is 0.692. The topological polar surface area (TPSA) is 78.7 Å². The SMILES string of the molecule is CC(C)(C)c1nnsc1C(=O)NC1(C#N)CCCC1. The number of amides is 1. The van der Waals surface area contributed by atoms with E-state index in [1.165, 1.54) is 0 Å². The van der Waals surface area contributed by atoms with Crippen LogP contribution < -0.4 is 5.32 Å². The lowest BCUT2D eigenvalue weighted by Gasteiger charge is -2.22. The van der Waals surface area contributed by atoms with Gasteiger partial charge in [-0.2, -0.15) is 5.26 Å². The molecular weight excluding hydrogens is 260 g/mol. The molecular formula is C13H18N4OS. The average Bonchev–Trinajstić information content (AvgIpc) is 2.96. The van der Waals surface area contributed by atoms with Crippen molar-refractivity contribution in [2.45, 2.75) is 57.4 Å². The van der Waals surface area contributed by atoms with Crippen molar-refractivity contribution < 1.29 is 4.79 Å². The fourth-order valence-electron chi connectivity index (χ4n) is 2.35. The van der Waals surface area contributed by atoms with Gasteiger partial charge in [-0.05, 0) is 37.2 Å². The third-order valence-electron chi connectivity index (χ3n) is 3.43. The summed E-state index contributed by atoms with van der Waals surface area (Å²) in [7, 11) is 0. The zero-order valence-electron chi connectivity index (χ0n) is 11.5. The molecule has 0 aromatic carbocycles. The van der Waals surface area contributed by atoms with Crippen LogP contribution >= 0.6 is 11.5 Å². The number of aromatic nitrogens is 2. The van der Waals surface area contributed by atoms with Crippen LogP contribution in [0.3, 0.4) is 0 Å². The van der Waals surface area contributed by atoms with Crippen molar-refractivity contribution in [3.8, 4) is 6.07 Å². The molecule has 1 aromatic heterocycles. The van der Waals surface area contributed by atoms with E-state index < -0.39 is 5.54 Å². The van der Waals surface area contributed by atoms with E-state index in [-0.39, 0.29) is 11.3 Å². The Kier molecular flexibility index (Phi) is 3.59. The molecule has 1 aliphatic rings. The van der Waals surface area contributed by atoms with Gasteiger partial charge in [0.25, 0.3) is 5.91 Å². The molecule has 1 N–H and O–H groups in total. The first-order chi connectivity index (χ1) is 8.88. The first kappa shape index (κ1) is 13.9. The maximum atomic E-state index is 12.4. The lowest BCUT2D eigenvalue weighted by Crippen LogP contribution is -2.45. The van der Waals surface area contributed by atoms with Gasteiger partial charge in [-0.15, -0.1) is 5.10 Å². The van der Waals surface area contributed by atoms with Gasteiger partial charge in [-0.1, -0.05) is 25.3 Å². The third kappa shape index (κ3) is 2.76. The minimum Gasteiger partial charge on any atom is -0.333 e. The summed E-state index contributed by atoms with van der Waals surface area (Å²) in [4.78, 5) is 12.9. The fourth-order valence-corrected chi connectivity index (χ4v) is 3.12. The number of rotatable bonds is 2. The number of carbonyl (C=O) groups excluding carboxylic acids is 1. The molecule has 2 rings (SSSR count). The Hall–Kier alpha value is -1.48. The third-order valence-corrected chi connectivity index (χ3v) is 4.15. The van der Waals surface area contributed by atoms with E-state index in [4.69, 9.17) is 0 Å². The van der Waals surface area contributed by atoms with Crippen LogP contribution in [0.15, 0.2) is 0 Å². The number of nitrogens with one attached hydrogen (secondary N) is 1. The van der Waals surface area contributed by atoms with Crippen LogP contribution in [-0.4, -0.2) is 21.0 Å². The maximum Gasteiger partial charge on any atom is 0.266 e. The van der Waals surface area contributed by atoms with Gasteiger partial charge >= 0.3 is 0 Å². The van der Waals surface area contributed by atoms with E-state index in [2.05, 4.69) is 21.0 Å². The van der Waals surface area contributed by atoms with E-state index in [0.717, 1.165) is 37.2 Å². The van der Waals surface area contributed by atoms with Crippen molar-refractivity contribution in [3.63, 3.8) is 0 Å². The second-order valence-corrected chi connectivity index (χ2v) is 6.81. The van der Waals surface area contributed by atoms with Gasteiger partial charge in [-0.25, -0.2) is 0 Å². The summed E-state index contributed by atoms with van der Waals surface area (Å²) in [5, 5.41) is 16.2. The maximum absolute atomic E-state index is 12.4. The van der Waals surface area contributed by atoms with Crippen LogP contribution in [0.2, 0.25) is 0 Å². The zero-order valence-corrected chi connectivity index (χ0v) is 12.3. The van der Waals surface area contributed by atoms with Crippen LogP contribution in [0, 0.1) is 11.3 Å². The molecule has 102 valence electrons. The van der Waals surface area contributed by atoms with Crippen LogP contribution in [0.1, 0.15) is 61.8 Å². The molecule has 0 atom stereocenters. The quantitative estimate of drug-likeness (QED) is 0.901. The molecule has 1 saturated carbocycles. The first-order valence-corrected chi connectivity index (χ1v) is 7.22. The summed E-state index contributed by atoms with van der Waals surface area (Å²) in [6.07, 6.45) is 3.43. The van der Waals surface area contributed by atoms with Gasteiger partial charge in [0.2, 0.25) is 0 Å². The first-order valence-electron chi connectivity index (χ1n) is 6.45. The number of hydrogen-bond acceptors (Lipinski definition) is 5. The molecule has 1 aliphatic carbocycles. The summed E-state index contributed by atoms with van der Waals surface area (Å²) in [6, 6.07) is 2.26. The molecule has 5 nitrogen and oxygen atoms in total. The Morgan fingerprint density at radius 1 is 1.42 bits per heavy atom. The Morgan fingerprint density at radius 2 is 2.05 bits per heavy atom. The summed E-state index contributed by atoms with van der Waals surface area (Å²) in [6.45, 7) is 5.99. The number of hydrogen-bond donors (Lipinski definition) is 1. The largest absolute Gasteiger partial charge is 0.333 e. The molecule has 0 saturated heterocycles. The van der Waals surface area contributed by atoms with Crippen molar-refractivity contribution in [2.75, 3.05) is 0 Å². The van der Waals surface area contributed by atoms with Crippen molar-refractivity contribution >= 4 is 17.4 Å². The van der Waals surface area contributed by atoms with E-state index in [0.29, 0.717) is 10.6 Å². The normalized spacial score (nSPS) is 18.0. The van der Waals surface area contributed by atoms with Crippen LogP contribution in [0.4, 0.5) is 0 Å². The average molecular weight is 278 g/mol. The minimum atomic E-state index is -0.698. The zero-order chi connectivity index (χ0) is 14.1. The van der Waals surface area contributed by atoms with E-state index in [1.54, 1.807) is 0 Å². The summed E-state index contributed by atoms with van der Waals surface area (Å²) < 4.78 is 3.88. The van der Waals surface area contributed by atoms with Crippen molar-refractivity contribution in [3.05, 3.63) is 10.6 Å². The summed E-state index contributed by atoms with van der Waals surface area (Å²) >= 11 is 1.09. The van der Waals surface area contributed by atoms with Gasteiger partial charge in [0.15, 0.2) is 0 Å². The van der Waals surface area contributed by atoms with Gasteiger partial charge in [0.05, 0.1) is 11.8 Å². The standard InChI is InChI=1S/C13H18N4OS/c1-12(2,3)10-9(19-17-16-10)11(18)15-13(8-14)6-4-5-7-13/h4-7H2,1-3H3,(H,15,18). The van der Waals surface area contributed by atoms with Gasteiger partial charge in [-0.3, -0.25) is 4.79 Å². The lowest BCUT2D eigenvalue weighted by atomic mass is 9.91. The number of carbonyl (C=O) groups is 1. The molecule has 1 aromatic rings. The highest BCUT2D eigenvalue weighted by Crippen LogP contribution is 2.31. The Balaban J connectivity index is 2.22. The second kappa shape index (κ2) is 4.89. The molecule has 0 aliphatic heterocycles. The molecule has 1 heterocycles. The molecule has 19 heavy (non-hydrogen) atoms. The minimum absolute atomic E-state index is 0.219. The predicted molar refractivity (Wildman–Crippen MR) is 72.9 cm³/mol. The van der Waals surface area contributed by atoms with Crippen molar-refractivity contribution in [1.29, 1.82) is 5.26 Å². The Bertz CT molecular complexity index is 517. The summed E-state index contributed by atoms with van der Waals surface area (Å²) in [5.41, 5.74) is -0.230. The molecule has 6 heteroatoms. The highest BCUT2D eigenvalue weighted by Gasteiger charge is 2.37. The molecule has 1 fully saturated rings. The van der Waals surface area contributed by atoms with Crippen LogP contribution in [-0.2, 0) is 5.41 Å². The molecule has 0 unspecified atom stereocenters. The second-order valence-electron chi connectivity index (χ2n) is 6.06. The van der Waals surface area contributed by atoms with E-state index in [1.807, 2.05) is 20.8 Å². The Labute approximate surface area is 117 Å². The molecule has 0 bridgehead atoms. The number of nitrogens with zero attached hydrogens (tertiary/aromatic N) is 3. The predicted octanol–water partition coefficient (Wildman–Crippen LogP) is 2.40. The lowest BCUT2D eigenvalue weighted by molar-refractivity contribution is 0.0922. The molecule has 0 radical (unpaired) electrons. The van der Waals surface area contributed by atoms with E-state index >= 15 is 0 Å².